The summed E-state index contributed by atoms with van der Waals surface area (Å²) in [7, 11) is 0. The lowest BCUT2D eigenvalue weighted by Gasteiger charge is -2.10. The zero-order chi connectivity index (χ0) is 10.1. The van der Waals surface area contributed by atoms with E-state index < -0.39 is 0 Å². The Morgan fingerprint density at radius 3 is 1.62 bits per heavy atom. The molecule has 0 amide bonds. The van der Waals surface area contributed by atoms with E-state index in [0.29, 0.717) is 10.5 Å². The molecule has 0 aromatic heterocycles. The van der Waals surface area contributed by atoms with Gasteiger partial charge in [-0.25, -0.2) is 0 Å². The van der Waals surface area contributed by atoms with Crippen molar-refractivity contribution in [1.29, 1.82) is 0 Å². The highest BCUT2D eigenvalue weighted by Gasteiger charge is 2.01. The maximum atomic E-state index is 2.29. The van der Waals surface area contributed by atoms with Crippen molar-refractivity contribution >= 4 is 11.8 Å². The van der Waals surface area contributed by atoms with E-state index in [9.17, 15) is 0 Å². The molecule has 1 heteroatoms. The van der Waals surface area contributed by atoms with Crippen molar-refractivity contribution in [2.75, 3.05) is 0 Å². The second-order valence-corrected chi connectivity index (χ2v) is 4.98. The summed E-state index contributed by atoms with van der Waals surface area (Å²) in [6.45, 7) is 8.86. The van der Waals surface area contributed by atoms with Crippen LogP contribution >= 0.6 is 11.8 Å². The average molecular weight is 198 g/mol. The summed E-state index contributed by atoms with van der Waals surface area (Å²) >= 11 is 2.01. The van der Waals surface area contributed by atoms with Crippen LogP contribution in [0, 0.1) is 0 Å². The van der Waals surface area contributed by atoms with Crippen molar-refractivity contribution in [2.45, 2.75) is 51.0 Å². The molecule has 0 nitrogen and oxygen atoms in total. The van der Waals surface area contributed by atoms with E-state index in [1.54, 1.807) is 0 Å². The molecule has 2 atom stereocenters. The highest BCUT2D eigenvalue weighted by molar-refractivity contribution is 8.00. The monoisotopic (exact) mass is 198 g/mol. The van der Waals surface area contributed by atoms with Crippen LogP contribution in [0.15, 0.2) is 24.3 Å². The molecule has 0 saturated heterocycles. The highest BCUT2D eigenvalue weighted by atomic mass is 32.2. The number of hydrogen-bond acceptors (Lipinski definition) is 1. The maximum Gasteiger partial charge on any atom is 0.0204 e. The largest absolute Gasteiger partial charge is 0.147 e. The molecule has 0 aromatic rings. The third-order valence-electron chi connectivity index (χ3n) is 1.71. The van der Waals surface area contributed by atoms with Gasteiger partial charge in [-0.1, -0.05) is 38.2 Å². The molecule has 0 aliphatic heterocycles. The molecular weight excluding hydrogens is 176 g/mol. The Bertz CT molecular complexity index is 141. The zero-order valence-corrected chi connectivity index (χ0v) is 10.1. The quantitative estimate of drug-likeness (QED) is 0.569. The standard InChI is InChI=1S/C12H22S/c1-5-7-9-11(3)13-12(4)10-8-6-2/h7-12H,5-6H2,1-4H3. The summed E-state index contributed by atoms with van der Waals surface area (Å²) in [5, 5.41) is 1.27. The number of thioether (sulfide) groups is 1. The lowest BCUT2D eigenvalue weighted by atomic mass is 10.3. The van der Waals surface area contributed by atoms with Crippen molar-refractivity contribution in [2.24, 2.45) is 0 Å². The van der Waals surface area contributed by atoms with Crippen molar-refractivity contribution in [3.05, 3.63) is 24.3 Å². The van der Waals surface area contributed by atoms with Gasteiger partial charge in [0.25, 0.3) is 0 Å². The van der Waals surface area contributed by atoms with Crippen molar-refractivity contribution in [3.8, 4) is 0 Å². The third-order valence-corrected chi connectivity index (χ3v) is 2.89. The van der Waals surface area contributed by atoms with Gasteiger partial charge in [0.1, 0.15) is 0 Å². The van der Waals surface area contributed by atoms with Crippen molar-refractivity contribution in [1.82, 2.24) is 0 Å². The van der Waals surface area contributed by atoms with E-state index in [4.69, 9.17) is 0 Å². The molecule has 0 spiro atoms. The van der Waals surface area contributed by atoms with E-state index >= 15 is 0 Å². The van der Waals surface area contributed by atoms with Gasteiger partial charge >= 0.3 is 0 Å². The fourth-order valence-corrected chi connectivity index (χ4v) is 2.17. The first kappa shape index (κ1) is 12.8. The predicted molar refractivity (Wildman–Crippen MR) is 65.4 cm³/mol. The Morgan fingerprint density at radius 1 is 0.923 bits per heavy atom. The summed E-state index contributed by atoms with van der Waals surface area (Å²) in [5.41, 5.74) is 0. The van der Waals surface area contributed by atoms with Gasteiger partial charge in [-0.15, -0.1) is 11.8 Å². The molecule has 13 heavy (non-hydrogen) atoms. The van der Waals surface area contributed by atoms with Crippen LogP contribution in [0.25, 0.3) is 0 Å². The van der Waals surface area contributed by atoms with Crippen LogP contribution in [0.1, 0.15) is 40.5 Å². The van der Waals surface area contributed by atoms with E-state index in [0.717, 1.165) is 12.8 Å². The van der Waals surface area contributed by atoms with Gasteiger partial charge in [0.05, 0.1) is 0 Å². The average Bonchev–Trinajstić information content (AvgIpc) is 2.11. The first-order valence-corrected chi connectivity index (χ1v) is 6.13. The van der Waals surface area contributed by atoms with E-state index in [1.165, 1.54) is 0 Å². The summed E-state index contributed by atoms with van der Waals surface area (Å²) in [4.78, 5) is 0. The smallest absolute Gasteiger partial charge is 0.0204 e. The molecule has 0 fully saturated rings. The van der Waals surface area contributed by atoms with Gasteiger partial charge in [0.15, 0.2) is 0 Å². The maximum absolute atomic E-state index is 2.29. The van der Waals surface area contributed by atoms with Crippen LogP contribution in [0.4, 0.5) is 0 Å². The van der Waals surface area contributed by atoms with Gasteiger partial charge < -0.3 is 0 Å². The molecule has 0 aliphatic carbocycles. The van der Waals surface area contributed by atoms with E-state index in [1.807, 2.05) is 11.8 Å². The van der Waals surface area contributed by atoms with Crippen LogP contribution in [-0.2, 0) is 0 Å². The number of rotatable bonds is 6. The Morgan fingerprint density at radius 2 is 1.31 bits per heavy atom. The third kappa shape index (κ3) is 8.17. The molecule has 2 unspecified atom stereocenters. The molecule has 0 saturated carbocycles. The Hall–Kier alpha value is -0.170. The molecule has 76 valence electrons. The van der Waals surface area contributed by atoms with Crippen LogP contribution < -0.4 is 0 Å². The van der Waals surface area contributed by atoms with Crippen LogP contribution in [-0.4, -0.2) is 10.5 Å². The molecule has 0 radical (unpaired) electrons. The molecule has 0 rings (SSSR count). The molecule has 0 aliphatic rings. The SMILES string of the molecule is CCC=CC(C)SC(C)C=CCC. The fourth-order valence-electron chi connectivity index (χ4n) is 1.08. The second-order valence-electron chi connectivity index (χ2n) is 3.22. The van der Waals surface area contributed by atoms with Gasteiger partial charge in [-0.3, -0.25) is 0 Å². The fraction of sp³-hybridized carbons (Fsp3) is 0.667. The molecule has 0 heterocycles. The molecule has 0 aromatic carbocycles. The van der Waals surface area contributed by atoms with Gasteiger partial charge in [0.2, 0.25) is 0 Å². The van der Waals surface area contributed by atoms with Crippen molar-refractivity contribution < 1.29 is 0 Å². The van der Waals surface area contributed by atoms with Gasteiger partial charge in [-0.2, -0.15) is 0 Å². The lowest BCUT2D eigenvalue weighted by molar-refractivity contribution is 1.13. The number of allylic oxidation sites excluding steroid dienone is 2. The van der Waals surface area contributed by atoms with E-state index in [2.05, 4.69) is 52.0 Å². The topological polar surface area (TPSA) is 0 Å². The summed E-state index contributed by atoms with van der Waals surface area (Å²) in [6, 6.07) is 0. The van der Waals surface area contributed by atoms with Crippen LogP contribution in [0.2, 0.25) is 0 Å². The number of hydrogen-bond donors (Lipinski definition) is 0. The first-order chi connectivity index (χ1) is 6.20. The van der Waals surface area contributed by atoms with Crippen LogP contribution in [0.5, 0.6) is 0 Å². The highest BCUT2D eigenvalue weighted by Crippen LogP contribution is 2.19. The Kier molecular flexibility index (Phi) is 8.32. The molecule has 0 N–H and O–H groups in total. The predicted octanol–water partition coefficient (Wildman–Crippen LogP) is 4.43. The summed E-state index contributed by atoms with van der Waals surface area (Å²) in [6.07, 6.45) is 11.4. The van der Waals surface area contributed by atoms with Crippen molar-refractivity contribution in [3.63, 3.8) is 0 Å². The minimum absolute atomic E-state index is 0.636. The Balaban J connectivity index is 3.70. The summed E-state index contributed by atoms with van der Waals surface area (Å²) < 4.78 is 0. The van der Waals surface area contributed by atoms with Gasteiger partial charge in [-0.05, 0) is 26.7 Å². The minimum atomic E-state index is 0.636. The van der Waals surface area contributed by atoms with E-state index in [-0.39, 0.29) is 0 Å². The normalized spacial score (nSPS) is 16.9. The first-order valence-electron chi connectivity index (χ1n) is 5.19. The molecular formula is C12H22S. The molecule has 0 bridgehead atoms. The Labute approximate surface area is 87.5 Å². The van der Waals surface area contributed by atoms with Gasteiger partial charge in [0, 0.05) is 10.5 Å². The second kappa shape index (κ2) is 8.43. The van der Waals surface area contributed by atoms with Crippen LogP contribution in [0.3, 0.4) is 0 Å². The summed E-state index contributed by atoms with van der Waals surface area (Å²) in [5.74, 6) is 0. The lowest BCUT2D eigenvalue weighted by Crippen LogP contribution is -1.98. The minimum Gasteiger partial charge on any atom is -0.147 e. The zero-order valence-electron chi connectivity index (χ0n) is 9.29.